The summed E-state index contributed by atoms with van der Waals surface area (Å²) in [5.41, 5.74) is 4.25. The van der Waals surface area contributed by atoms with Crippen molar-refractivity contribution >= 4 is 28.5 Å². The Balaban J connectivity index is 1.42. The Labute approximate surface area is 208 Å². The number of ether oxygens (including phenoxy) is 1. The van der Waals surface area contributed by atoms with Gasteiger partial charge in [-0.05, 0) is 53.1 Å². The molecule has 0 unspecified atom stereocenters. The molecule has 0 spiro atoms. The number of anilines is 1. The van der Waals surface area contributed by atoms with Crippen LogP contribution < -0.4 is 10.1 Å². The molecule has 186 valence electrons. The van der Waals surface area contributed by atoms with Gasteiger partial charge in [0.25, 0.3) is 5.91 Å². The maximum Gasteiger partial charge on any atom is 0.387 e. The van der Waals surface area contributed by atoms with Crippen molar-refractivity contribution in [3.05, 3.63) is 76.9 Å². The summed E-state index contributed by atoms with van der Waals surface area (Å²) in [5, 5.41) is 2.55. The van der Waals surface area contributed by atoms with Crippen LogP contribution in [-0.4, -0.2) is 39.9 Å². The molecular formula is C27H19F3N4O3. The van der Waals surface area contributed by atoms with E-state index in [1.807, 2.05) is 22.8 Å². The lowest BCUT2D eigenvalue weighted by atomic mass is 9.97. The number of imidazole rings is 1. The normalized spacial score (nSPS) is 19.6. The number of nitrogens with zero attached hydrogens (tertiary/aromatic N) is 3. The maximum atomic E-state index is 14.8. The van der Waals surface area contributed by atoms with Crippen molar-refractivity contribution in [3.8, 4) is 16.9 Å². The zero-order valence-electron chi connectivity index (χ0n) is 19.5. The molecule has 3 aliphatic heterocycles. The zero-order chi connectivity index (χ0) is 25.6. The quantitative estimate of drug-likeness (QED) is 0.423. The molecule has 2 amide bonds. The van der Waals surface area contributed by atoms with E-state index in [-0.39, 0.29) is 35.7 Å². The van der Waals surface area contributed by atoms with Gasteiger partial charge in [0.05, 0.1) is 35.2 Å². The van der Waals surface area contributed by atoms with Crippen molar-refractivity contribution in [2.45, 2.75) is 31.5 Å². The van der Waals surface area contributed by atoms with Crippen molar-refractivity contribution in [1.82, 2.24) is 14.5 Å². The predicted molar refractivity (Wildman–Crippen MR) is 128 cm³/mol. The summed E-state index contributed by atoms with van der Waals surface area (Å²) >= 11 is 0. The fourth-order valence-corrected chi connectivity index (χ4v) is 5.93. The molecular weight excluding hydrogens is 485 g/mol. The zero-order valence-corrected chi connectivity index (χ0v) is 19.5. The van der Waals surface area contributed by atoms with E-state index in [4.69, 9.17) is 9.72 Å². The largest absolute Gasteiger partial charge is 0.434 e. The molecule has 10 heteroatoms. The van der Waals surface area contributed by atoms with Gasteiger partial charge in [0.1, 0.15) is 17.4 Å². The first kappa shape index (κ1) is 21.9. The van der Waals surface area contributed by atoms with Crippen LogP contribution in [0, 0.1) is 5.82 Å². The summed E-state index contributed by atoms with van der Waals surface area (Å²) in [6.45, 7) is -3.04. The fourth-order valence-electron chi connectivity index (χ4n) is 5.93. The van der Waals surface area contributed by atoms with Gasteiger partial charge in [-0.3, -0.25) is 9.59 Å². The molecule has 0 aliphatic carbocycles. The minimum absolute atomic E-state index is 0.0383. The summed E-state index contributed by atoms with van der Waals surface area (Å²) in [7, 11) is 1.68. The van der Waals surface area contributed by atoms with E-state index in [1.54, 1.807) is 24.1 Å². The molecule has 1 aromatic heterocycles. The number of hydrogen-bond donors (Lipinski definition) is 1. The van der Waals surface area contributed by atoms with Crippen LogP contribution in [0.2, 0.25) is 0 Å². The number of carbonyl (C=O) groups excluding carboxylic acids is 2. The minimum Gasteiger partial charge on any atom is -0.434 e. The first-order valence-corrected chi connectivity index (χ1v) is 11.8. The molecule has 0 radical (unpaired) electrons. The number of fused-ring (bicyclic) bond motifs is 10. The second-order valence-electron chi connectivity index (χ2n) is 9.54. The van der Waals surface area contributed by atoms with Gasteiger partial charge in [-0.25, -0.2) is 9.37 Å². The molecule has 0 saturated heterocycles. The predicted octanol–water partition coefficient (Wildman–Crippen LogP) is 5.06. The van der Waals surface area contributed by atoms with Gasteiger partial charge in [0.15, 0.2) is 0 Å². The van der Waals surface area contributed by atoms with Gasteiger partial charge >= 0.3 is 6.61 Å². The Morgan fingerprint density at radius 3 is 2.73 bits per heavy atom. The standard InChI is InChI=1S/C27H19F3N4O3/c1-33-20-11-19(23-15(26(33)36)3-2-4-21(23)37-27(29)30)34-18-9-12(5-6-17(18)31-25(20)34)13-7-14-10-22(35)32-24(14)16(28)8-13/h2-9,19-20,27H,10-11H2,1H3,(H,32,35)/t19-,20-/m1/s1. The van der Waals surface area contributed by atoms with E-state index in [9.17, 15) is 22.8 Å². The van der Waals surface area contributed by atoms with E-state index in [1.165, 1.54) is 18.2 Å². The van der Waals surface area contributed by atoms with Gasteiger partial charge in [-0.1, -0.05) is 12.1 Å². The summed E-state index contributed by atoms with van der Waals surface area (Å²) in [6.07, 6.45) is 0.570. The summed E-state index contributed by atoms with van der Waals surface area (Å²) in [6, 6.07) is 12.5. The smallest absolute Gasteiger partial charge is 0.387 e. The summed E-state index contributed by atoms with van der Waals surface area (Å²) < 4.78 is 48.2. The van der Waals surface area contributed by atoms with Crippen LogP contribution >= 0.6 is 0 Å². The van der Waals surface area contributed by atoms with Crippen LogP contribution in [0.5, 0.6) is 5.75 Å². The molecule has 0 fully saturated rings. The molecule has 2 atom stereocenters. The average Bonchev–Trinajstić information content (AvgIpc) is 3.52. The molecule has 4 aromatic rings. The van der Waals surface area contributed by atoms with Crippen molar-refractivity contribution in [2.75, 3.05) is 12.4 Å². The van der Waals surface area contributed by atoms with Crippen LogP contribution in [0.15, 0.2) is 48.5 Å². The fraction of sp³-hybridized carbons (Fsp3) is 0.222. The molecule has 1 N–H and O–H groups in total. The van der Waals surface area contributed by atoms with Gasteiger partial charge in [0, 0.05) is 24.6 Å². The molecule has 7 nitrogen and oxygen atoms in total. The van der Waals surface area contributed by atoms with E-state index < -0.39 is 18.5 Å². The van der Waals surface area contributed by atoms with Crippen LogP contribution in [0.3, 0.4) is 0 Å². The van der Waals surface area contributed by atoms with Crippen LogP contribution in [0.25, 0.3) is 22.2 Å². The summed E-state index contributed by atoms with van der Waals surface area (Å²) in [5.74, 6) is -0.424. The monoisotopic (exact) mass is 504 g/mol. The lowest BCUT2D eigenvalue weighted by molar-refractivity contribution is -0.115. The van der Waals surface area contributed by atoms with Gasteiger partial charge in [0.2, 0.25) is 5.91 Å². The van der Waals surface area contributed by atoms with E-state index in [0.29, 0.717) is 40.0 Å². The molecule has 4 heterocycles. The molecule has 37 heavy (non-hydrogen) atoms. The molecule has 7 rings (SSSR count). The third-order valence-electron chi connectivity index (χ3n) is 7.53. The average molecular weight is 504 g/mol. The van der Waals surface area contributed by atoms with Crippen molar-refractivity contribution < 1.29 is 27.5 Å². The van der Waals surface area contributed by atoms with Crippen LogP contribution in [0.1, 0.15) is 45.8 Å². The van der Waals surface area contributed by atoms with Gasteiger partial charge < -0.3 is 19.5 Å². The first-order chi connectivity index (χ1) is 17.8. The Morgan fingerprint density at radius 1 is 1.08 bits per heavy atom. The van der Waals surface area contributed by atoms with Crippen LogP contribution in [0.4, 0.5) is 18.9 Å². The van der Waals surface area contributed by atoms with Gasteiger partial charge in [-0.2, -0.15) is 8.78 Å². The third kappa shape index (κ3) is 3.11. The number of carbonyl (C=O) groups is 2. The van der Waals surface area contributed by atoms with Crippen LogP contribution in [-0.2, 0) is 11.2 Å². The lowest BCUT2D eigenvalue weighted by Gasteiger charge is -2.24. The highest BCUT2D eigenvalue weighted by atomic mass is 19.3. The Morgan fingerprint density at radius 2 is 1.92 bits per heavy atom. The second kappa shape index (κ2) is 7.58. The Kier molecular flexibility index (Phi) is 4.49. The number of nitrogens with one attached hydrogen (secondary N) is 1. The minimum atomic E-state index is -3.04. The molecule has 3 aromatic carbocycles. The van der Waals surface area contributed by atoms with E-state index >= 15 is 0 Å². The summed E-state index contributed by atoms with van der Waals surface area (Å²) in [4.78, 5) is 31.4. The number of benzene rings is 3. The van der Waals surface area contributed by atoms with E-state index in [2.05, 4.69) is 5.32 Å². The van der Waals surface area contributed by atoms with E-state index in [0.717, 1.165) is 11.1 Å². The maximum absolute atomic E-state index is 14.8. The topological polar surface area (TPSA) is 76.5 Å². The lowest BCUT2D eigenvalue weighted by Crippen LogP contribution is -2.30. The Bertz CT molecular complexity index is 1660. The first-order valence-electron chi connectivity index (χ1n) is 11.8. The highest BCUT2D eigenvalue weighted by molar-refractivity contribution is 6.00. The number of rotatable bonds is 3. The number of aromatic nitrogens is 2. The Hall–Kier alpha value is -4.34. The number of alkyl halides is 2. The SMILES string of the molecule is CN1C(=O)c2cccc(OC(F)F)c2[C@H]2C[C@@H]1c1nc3ccc(-c4cc(F)c5c(c4)CC(=O)N5)cc3n12. The number of hydrogen-bond acceptors (Lipinski definition) is 4. The molecule has 2 bridgehead atoms. The van der Waals surface area contributed by atoms with Crippen molar-refractivity contribution in [1.29, 1.82) is 0 Å². The highest BCUT2D eigenvalue weighted by Gasteiger charge is 2.45. The number of amides is 2. The highest BCUT2D eigenvalue weighted by Crippen LogP contribution is 2.50. The van der Waals surface area contributed by atoms with Crippen molar-refractivity contribution in [3.63, 3.8) is 0 Å². The number of halogens is 3. The second-order valence-corrected chi connectivity index (χ2v) is 9.54. The molecule has 0 saturated carbocycles. The van der Waals surface area contributed by atoms with Crippen molar-refractivity contribution in [2.24, 2.45) is 0 Å². The molecule has 3 aliphatic rings. The van der Waals surface area contributed by atoms with Gasteiger partial charge in [-0.15, -0.1) is 0 Å². The third-order valence-corrected chi connectivity index (χ3v) is 7.53.